The van der Waals surface area contributed by atoms with E-state index in [0.29, 0.717) is 0 Å². The Morgan fingerprint density at radius 1 is 1.56 bits per heavy atom. The van der Waals surface area contributed by atoms with Crippen molar-refractivity contribution in [3.05, 3.63) is 18.5 Å². The number of alkyl halides is 2. The van der Waals surface area contributed by atoms with Gasteiger partial charge in [0.05, 0.1) is 0 Å². The molecule has 0 spiro atoms. The molecule has 0 bridgehead atoms. The summed E-state index contributed by atoms with van der Waals surface area (Å²) in [7, 11) is 0. The first kappa shape index (κ1) is 6.00. The van der Waals surface area contributed by atoms with Crippen LogP contribution in [0.2, 0.25) is 0 Å². The molecule has 1 heterocycles. The van der Waals surface area contributed by atoms with Crippen molar-refractivity contribution in [1.29, 1.82) is 0 Å². The lowest BCUT2D eigenvalue weighted by molar-refractivity contribution is 0.140. The molecule has 1 aromatic rings. The first-order valence-electron chi connectivity index (χ1n) is 2.14. The molecule has 0 saturated carbocycles. The van der Waals surface area contributed by atoms with Crippen molar-refractivity contribution in [2.75, 3.05) is 0 Å². The minimum Gasteiger partial charge on any atom is -0.216 e. The topological polar surface area (TPSA) is 38.7 Å². The molecule has 5 heteroatoms. The molecular formula is C4H2F2N3. The van der Waals surface area contributed by atoms with Crippen molar-refractivity contribution in [3.8, 4) is 0 Å². The van der Waals surface area contributed by atoms with Crippen LogP contribution in [0.5, 0.6) is 0 Å². The van der Waals surface area contributed by atoms with Crippen LogP contribution in [0, 0.1) is 6.33 Å². The quantitative estimate of drug-likeness (QED) is 0.559. The van der Waals surface area contributed by atoms with Crippen LogP contribution in [0.15, 0.2) is 6.33 Å². The highest BCUT2D eigenvalue weighted by Gasteiger charge is 2.07. The van der Waals surface area contributed by atoms with E-state index in [4.69, 9.17) is 0 Å². The van der Waals surface area contributed by atoms with Crippen LogP contribution in [-0.4, -0.2) is 15.0 Å². The van der Waals surface area contributed by atoms with Gasteiger partial charge in [0.25, 0.3) is 6.43 Å². The lowest BCUT2D eigenvalue weighted by Crippen LogP contribution is -1.94. The Morgan fingerprint density at radius 3 is 2.67 bits per heavy atom. The van der Waals surface area contributed by atoms with Gasteiger partial charge in [-0.3, -0.25) is 0 Å². The van der Waals surface area contributed by atoms with Crippen LogP contribution in [-0.2, 0) is 0 Å². The zero-order valence-corrected chi connectivity index (χ0v) is 4.25. The third kappa shape index (κ3) is 1.38. The Morgan fingerprint density at radius 2 is 2.33 bits per heavy atom. The molecular weight excluding hydrogens is 128 g/mol. The molecule has 0 aliphatic heterocycles. The second-order valence-electron chi connectivity index (χ2n) is 1.24. The summed E-state index contributed by atoms with van der Waals surface area (Å²) < 4.78 is 23.2. The second kappa shape index (κ2) is 2.43. The van der Waals surface area contributed by atoms with E-state index in [0.717, 1.165) is 6.33 Å². The monoisotopic (exact) mass is 130 g/mol. The fraction of sp³-hybridized carbons (Fsp3) is 0.250. The first-order chi connectivity index (χ1) is 4.30. The van der Waals surface area contributed by atoms with Crippen molar-refractivity contribution >= 4 is 0 Å². The van der Waals surface area contributed by atoms with Gasteiger partial charge < -0.3 is 0 Å². The maximum Gasteiger partial charge on any atom is 0.297 e. The maximum absolute atomic E-state index is 11.6. The third-order valence-electron chi connectivity index (χ3n) is 0.665. The molecule has 0 atom stereocenters. The minimum atomic E-state index is -2.63. The van der Waals surface area contributed by atoms with Crippen LogP contribution in [0.4, 0.5) is 8.78 Å². The van der Waals surface area contributed by atoms with Gasteiger partial charge in [-0.2, -0.15) is 0 Å². The van der Waals surface area contributed by atoms with E-state index in [1.807, 2.05) is 6.33 Å². The molecule has 9 heavy (non-hydrogen) atoms. The number of hydrogen-bond donors (Lipinski definition) is 0. The van der Waals surface area contributed by atoms with Crippen molar-refractivity contribution in [2.24, 2.45) is 0 Å². The Bertz CT molecular complexity index is 176. The summed E-state index contributed by atoms with van der Waals surface area (Å²) in [5.41, 5.74) is 0. The Balaban J connectivity index is 2.85. The summed E-state index contributed by atoms with van der Waals surface area (Å²) in [6, 6.07) is 0. The van der Waals surface area contributed by atoms with E-state index in [9.17, 15) is 8.78 Å². The van der Waals surface area contributed by atoms with Gasteiger partial charge in [0.1, 0.15) is 6.33 Å². The van der Waals surface area contributed by atoms with Gasteiger partial charge in [0.2, 0.25) is 6.33 Å². The minimum absolute atomic E-state index is 0.537. The maximum atomic E-state index is 11.6. The number of rotatable bonds is 1. The fourth-order valence-electron chi connectivity index (χ4n) is 0.328. The molecule has 1 aromatic heterocycles. The van der Waals surface area contributed by atoms with Gasteiger partial charge in [-0.15, -0.1) is 0 Å². The van der Waals surface area contributed by atoms with E-state index >= 15 is 0 Å². The highest BCUT2D eigenvalue weighted by Crippen LogP contribution is 2.10. The largest absolute Gasteiger partial charge is 0.297 e. The Kier molecular flexibility index (Phi) is 1.62. The average Bonchev–Trinajstić information content (AvgIpc) is 1.90. The molecule has 0 aromatic carbocycles. The summed E-state index contributed by atoms with van der Waals surface area (Å²) in [6.45, 7) is 0. The summed E-state index contributed by atoms with van der Waals surface area (Å²) in [5.74, 6) is -0.537. The van der Waals surface area contributed by atoms with Crippen molar-refractivity contribution < 1.29 is 8.78 Å². The molecule has 0 aliphatic carbocycles. The third-order valence-corrected chi connectivity index (χ3v) is 0.665. The standard InChI is InChI=1S/C4H2F2N3/c5-3(6)4-8-1-7-2-9-4/h1,3H. The molecule has 0 N–H and O–H groups in total. The number of nitrogens with zero attached hydrogens (tertiary/aromatic N) is 3. The van der Waals surface area contributed by atoms with Crippen molar-refractivity contribution in [3.63, 3.8) is 0 Å². The molecule has 0 fully saturated rings. The van der Waals surface area contributed by atoms with E-state index in [1.54, 1.807) is 0 Å². The lowest BCUT2D eigenvalue weighted by atomic mass is 10.6. The van der Waals surface area contributed by atoms with Crippen molar-refractivity contribution in [2.45, 2.75) is 6.43 Å². The smallest absolute Gasteiger partial charge is 0.216 e. The summed E-state index contributed by atoms with van der Waals surface area (Å²) >= 11 is 0. The van der Waals surface area contributed by atoms with E-state index in [-0.39, 0.29) is 0 Å². The van der Waals surface area contributed by atoms with Crippen LogP contribution in [0.1, 0.15) is 12.2 Å². The SMILES string of the molecule is FC(F)c1n[c]ncn1. The summed E-state index contributed by atoms with van der Waals surface area (Å²) in [4.78, 5) is 9.50. The van der Waals surface area contributed by atoms with Gasteiger partial charge in [0.15, 0.2) is 5.82 Å². The first-order valence-corrected chi connectivity index (χ1v) is 2.14. The highest BCUT2D eigenvalue weighted by atomic mass is 19.3. The fourth-order valence-corrected chi connectivity index (χ4v) is 0.328. The molecule has 1 rings (SSSR count). The second-order valence-corrected chi connectivity index (χ2v) is 1.24. The molecule has 0 amide bonds. The lowest BCUT2D eigenvalue weighted by Gasteiger charge is -1.91. The number of hydrogen-bond acceptors (Lipinski definition) is 3. The molecule has 0 saturated heterocycles. The van der Waals surface area contributed by atoms with Gasteiger partial charge in [-0.1, -0.05) is 0 Å². The van der Waals surface area contributed by atoms with E-state index < -0.39 is 12.2 Å². The average molecular weight is 130 g/mol. The Hall–Kier alpha value is -1.13. The van der Waals surface area contributed by atoms with E-state index in [1.165, 1.54) is 0 Å². The Labute approximate surface area is 49.8 Å². The van der Waals surface area contributed by atoms with Gasteiger partial charge in [-0.05, 0) is 0 Å². The van der Waals surface area contributed by atoms with Gasteiger partial charge in [-0.25, -0.2) is 23.7 Å². The molecule has 47 valence electrons. The predicted octanol–water partition coefficient (Wildman–Crippen LogP) is 0.609. The number of halogens is 2. The number of aromatic nitrogens is 3. The zero-order chi connectivity index (χ0) is 6.69. The predicted molar refractivity (Wildman–Crippen MR) is 23.6 cm³/mol. The van der Waals surface area contributed by atoms with Crippen molar-refractivity contribution in [1.82, 2.24) is 15.0 Å². The van der Waals surface area contributed by atoms with Gasteiger partial charge >= 0.3 is 0 Å². The van der Waals surface area contributed by atoms with E-state index in [2.05, 4.69) is 15.0 Å². The summed E-state index contributed by atoms with van der Waals surface area (Å²) in [5, 5.41) is 0. The zero-order valence-electron chi connectivity index (χ0n) is 4.25. The summed E-state index contributed by atoms with van der Waals surface area (Å²) in [6.07, 6.45) is 0.346. The molecule has 1 radical (unpaired) electrons. The van der Waals surface area contributed by atoms with Gasteiger partial charge in [0, 0.05) is 0 Å². The van der Waals surface area contributed by atoms with Crippen LogP contribution in [0.3, 0.4) is 0 Å². The normalized spacial score (nSPS) is 10.1. The highest BCUT2D eigenvalue weighted by molar-refractivity contribution is 4.80. The van der Waals surface area contributed by atoms with Crippen LogP contribution >= 0.6 is 0 Å². The van der Waals surface area contributed by atoms with Crippen LogP contribution < -0.4 is 0 Å². The van der Waals surface area contributed by atoms with Crippen LogP contribution in [0.25, 0.3) is 0 Å². The molecule has 3 nitrogen and oxygen atoms in total. The molecule has 0 aliphatic rings. The molecule has 0 unspecified atom stereocenters.